The van der Waals surface area contributed by atoms with Gasteiger partial charge < -0.3 is 18.9 Å². The standard InChI is InChI=1S/C18H24BN3O3/c1-17(2)18(3,4)25-19(24-17)14-9-13-11-21-16(10-15(13)20-12-14)22-5-7-23-8-6-22/h9-12H,5-8H2,1-4H3. The Morgan fingerprint density at radius 1 is 0.960 bits per heavy atom. The molecule has 0 amide bonds. The van der Waals surface area contributed by atoms with Crippen LogP contribution in [0.25, 0.3) is 10.9 Å². The largest absolute Gasteiger partial charge is 0.496 e. The first-order chi connectivity index (χ1) is 11.9. The first kappa shape index (κ1) is 16.8. The van der Waals surface area contributed by atoms with Crippen molar-refractivity contribution in [3.63, 3.8) is 0 Å². The summed E-state index contributed by atoms with van der Waals surface area (Å²) in [6.45, 7) is 11.4. The van der Waals surface area contributed by atoms with Gasteiger partial charge in [-0.15, -0.1) is 0 Å². The molecule has 2 aliphatic heterocycles. The predicted octanol–water partition coefficient (Wildman–Crippen LogP) is 1.77. The summed E-state index contributed by atoms with van der Waals surface area (Å²) in [6.07, 6.45) is 3.72. The van der Waals surface area contributed by atoms with Gasteiger partial charge in [-0.05, 0) is 33.8 Å². The first-order valence-electron chi connectivity index (χ1n) is 8.80. The molecule has 0 saturated carbocycles. The van der Waals surface area contributed by atoms with Crippen LogP contribution in [0.5, 0.6) is 0 Å². The van der Waals surface area contributed by atoms with E-state index < -0.39 is 7.12 Å². The van der Waals surface area contributed by atoms with Crippen molar-refractivity contribution in [2.45, 2.75) is 38.9 Å². The summed E-state index contributed by atoms with van der Waals surface area (Å²) >= 11 is 0. The molecule has 0 radical (unpaired) electrons. The minimum atomic E-state index is -0.402. The lowest BCUT2D eigenvalue weighted by Crippen LogP contribution is -2.41. The zero-order valence-corrected chi connectivity index (χ0v) is 15.3. The number of nitrogens with zero attached hydrogens (tertiary/aromatic N) is 3. The summed E-state index contributed by atoms with van der Waals surface area (Å²) < 4.78 is 17.6. The van der Waals surface area contributed by atoms with E-state index in [4.69, 9.17) is 14.0 Å². The van der Waals surface area contributed by atoms with E-state index in [1.807, 2.05) is 18.5 Å². The van der Waals surface area contributed by atoms with Crippen LogP contribution in [-0.2, 0) is 14.0 Å². The Hall–Kier alpha value is -1.70. The van der Waals surface area contributed by atoms with Crippen LogP contribution in [-0.4, -0.2) is 54.6 Å². The summed E-state index contributed by atoms with van der Waals surface area (Å²) in [5, 5.41) is 0.990. The highest BCUT2D eigenvalue weighted by Crippen LogP contribution is 2.36. The third-order valence-corrected chi connectivity index (χ3v) is 5.43. The van der Waals surface area contributed by atoms with Gasteiger partial charge in [-0.2, -0.15) is 0 Å². The van der Waals surface area contributed by atoms with Crippen LogP contribution in [0, 0.1) is 0 Å². The van der Waals surface area contributed by atoms with Gasteiger partial charge in [0.05, 0.1) is 29.9 Å². The maximum atomic E-state index is 6.11. The van der Waals surface area contributed by atoms with Crippen molar-refractivity contribution in [3.05, 3.63) is 24.5 Å². The van der Waals surface area contributed by atoms with Gasteiger partial charge in [0.25, 0.3) is 0 Å². The Kier molecular flexibility index (Phi) is 3.98. The molecule has 0 N–H and O–H groups in total. The molecule has 0 spiro atoms. The zero-order chi connectivity index (χ0) is 17.7. The molecule has 132 valence electrons. The van der Waals surface area contributed by atoms with E-state index >= 15 is 0 Å². The van der Waals surface area contributed by atoms with Crippen molar-refractivity contribution in [1.82, 2.24) is 9.97 Å². The summed E-state index contributed by atoms with van der Waals surface area (Å²) in [5.41, 5.74) is 1.14. The lowest BCUT2D eigenvalue weighted by molar-refractivity contribution is 0.00578. The second-order valence-electron chi connectivity index (χ2n) is 7.69. The van der Waals surface area contributed by atoms with Crippen LogP contribution >= 0.6 is 0 Å². The van der Waals surface area contributed by atoms with Gasteiger partial charge in [0.1, 0.15) is 5.82 Å². The van der Waals surface area contributed by atoms with Crippen molar-refractivity contribution < 1.29 is 14.0 Å². The van der Waals surface area contributed by atoms with Crippen LogP contribution in [0.4, 0.5) is 5.82 Å². The number of morpholine rings is 1. The minimum absolute atomic E-state index is 0.356. The van der Waals surface area contributed by atoms with Crippen molar-refractivity contribution in [3.8, 4) is 0 Å². The van der Waals surface area contributed by atoms with Gasteiger partial charge in [-0.1, -0.05) is 0 Å². The Morgan fingerprint density at radius 2 is 1.64 bits per heavy atom. The molecule has 4 rings (SSSR count). The van der Waals surface area contributed by atoms with Crippen LogP contribution < -0.4 is 10.4 Å². The summed E-state index contributed by atoms with van der Waals surface area (Å²) in [6, 6.07) is 4.09. The van der Waals surface area contributed by atoms with Gasteiger partial charge in [-0.3, -0.25) is 4.98 Å². The van der Waals surface area contributed by atoms with Gasteiger partial charge in [-0.25, -0.2) is 4.98 Å². The number of ether oxygens (including phenoxy) is 1. The van der Waals surface area contributed by atoms with Gasteiger partial charge >= 0.3 is 7.12 Å². The topological polar surface area (TPSA) is 56.7 Å². The molecular weight excluding hydrogens is 317 g/mol. The second-order valence-corrected chi connectivity index (χ2v) is 7.69. The van der Waals surface area contributed by atoms with E-state index in [1.165, 1.54) is 0 Å². The van der Waals surface area contributed by atoms with E-state index in [9.17, 15) is 0 Å². The summed E-state index contributed by atoms with van der Waals surface area (Å²) in [5.74, 6) is 0.951. The normalized spacial score (nSPS) is 22.6. The smallest absolute Gasteiger partial charge is 0.399 e. The molecule has 0 aromatic carbocycles. The maximum Gasteiger partial charge on any atom is 0.496 e. The molecule has 0 aliphatic carbocycles. The number of aromatic nitrogens is 2. The zero-order valence-electron chi connectivity index (χ0n) is 15.3. The number of pyridine rings is 2. The third kappa shape index (κ3) is 3.01. The predicted molar refractivity (Wildman–Crippen MR) is 98.3 cm³/mol. The van der Waals surface area contributed by atoms with E-state index in [1.54, 1.807) is 0 Å². The molecule has 2 fully saturated rings. The van der Waals surface area contributed by atoms with Crippen molar-refractivity contribution in [2.75, 3.05) is 31.2 Å². The van der Waals surface area contributed by atoms with E-state index in [0.29, 0.717) is 0 Å². The van der Waals surface area contributed by atoms with Gasteiger partial charge in [0, 0.05) is 42.4 Å². The fourth-order valence-corrected chi connectivity index (χ4v) is 3.10. The second kappa shape index (κ2) is 5.93. The quantitative estimate of drug-likeness (QED) is 0.776. The van der Waals surface area contributed by atoms with E-state index in [0.717, 1.165) is 48.5 Å². The van der Waals surface area contributed by atoms with Gasteiger partial charge in [0.15, 0.2) is 0 Å². The molecule has 0 atom stereocenters. The molecule has 0 bridgehead atoms. The Bertz CT molecular complexity index is 774. The fourth-order valence-electron chi connectivity index (χ4n) is 3.10. The van der Waals surface area contributed by atoms with Crippen LogP contribution in [0.1, 0.15) is 27.7 Å². The Labute approximate surface area is 148 Å². The van der Waals surface area contributed by atoms with E-state index in [2.05, 4.69) is 48.6 Å². The first-order valence-corrected chi connectivity index (χ1v) is 8.80. The SMILES string of the molecule is CC1(C)OB(c2cnc3cc(N4CCOCC4)ncc3c2)OC1(C)C. The van der Waals surface area contributed by atoms with Crippen molar-refractivity contribution >= 4 is 29.3 Å². The minimum Gasteiger partial charge on any atom is -0.399 e. The van der Waals surface area contributed by atoms with Crippen molar-refractivity contribution in [2.24, 2.45) is 0 Å². The highest BCUT2D eigenvalue weighted by atomic mass is 16.7. The average molecular weight is 341 g/mol. The third-order valence-electron chi connectivity index (χ3n) is 5.43. The molecule has 25 heavy (non-hydrogen) atoms. The van der Waals surface area contributed by atoms with Crippen LogP contribution in [0.3, 0.4) is 0 Å². The molecule has 7 heteroatoms. The number of hydrogen-bond acceptors (Lipinski definition) is 6. The molecule has 2 aliphatic rings. The molecule has 2 aromatic rings. The molecule has 4 heterocycles. The molecule has 2 saturated heterocycles. The summed E-state index contributed by atoms with van der Waals surface area (Å²) in [7, 11) is -0.402. The number of fused-ring (bicyclic) bond motifs is 1. The van der Waals surface area contributed by atoms with Gasteiger partial charge in [0.2, 0.25) is 0 Å². The Balaban J connectivity index is 1.61. The number of anilines is 1. The lowest BCUT2D eigenvalue weighted by Gasteiger charge is -2.32. The van der Waals surface area contributed by atoms with Crippen LogP contribution in [0.15, 0.2) is 24.5 Å². The molecule has 2 aromatic heterocycles. The maximum absolute atomic E-state index is 6.11. The molecule has 6 nitrogen and oxygen atoms in total. The molecular formula is C18H24BN3O3. The van der Waals surface area contributed by atoms with Crippen molar-refractivity contribution in [1.29, 1.82) is 0 Å². The number of hydrogen-bond donors (Lipinski definition) is 0. The molecule has 0 unspecified atom stereocenters. The number of rotatable bonds is 2. The highest BCUT2D eigenvalue weighted by molar-refractivity contribution is 6.62. The highest BCUT2D eigenvalue weighted by Gasteiger charge is 2.51. The monoisotopic (exact) mass is 341 g/mol. The Morgan fingerprint density at radius 3 is 2.32 bits per heavy atom. The average Bonchev–Trinajstić information content (AvgIpc) is 2.82. The van der Waals surface area contributed by atoms with Crippen LogP contribution in [0.2, 0.25) is 0 Å². The van der Waals surface area contributed by atoms with E-state index in [-0.39, 0.29) is 11.2 Å². The summed E-state index contributed by atoms with van der Waals surface area (Å²) in [4.78, 5) is 11.5. The fraction of sp³-hybridized carbons (Fsp3) is 0.556. The lowest BCUT2D eigenvalue weighted by atomic mass is 9.80.